The Kier molecular flexibility index (Phi) is 5.08. The van der Waals surface area contributed by atoms with Crippen molar-refractivity contribution in [1.29, 1.82) is 10.5 Å². The van der Waals surface area contributed by atoms with Crippen molar-refractivity contribution in [2.75, 3.05) is 0 Å². The number of halogens is 3. The minimum atomic E-state index is -4.37. The summed E-state index contributed by atoms with van der Waals surface area (Å²) in [5.74, 6) is -0.938. The second-order valence-corrected chi connectivity index (χ2v) is 5.78. The summed E-state index contributed by atoms with van der Waals surface area (Å²) in [5, 5.41) is 18.4. The highest BCUT2D eigenvalue weighted by atomic mass is 19.4. The summed E-state index contributed by atoms with van der Waals surface area (Å²) >= 11 is 0. The highest BCUT2D eigenvalue weighted by Crippen LogP contribution is 2.41. The van der Waals surface area contributed by atoms with Gasteiger partial charge in [0, 0.05) is 5.92 Å². The number of nitrogens with zero attached hydrogens (tertiary/aromatic N) is 2. The van der Waals surface area contributed by atoms with Gasteiger partial charge in [-0.2, -0.15) is 23.7 Å². The Morgan fingerprint density at radius 3 is 1.95 bits per heavy atom. The molecular formula is C17H17F3N2. The highest BCUT2D eigenvalue weighted by molar-refractivity contribution is 5.30. The number of hydrogen-bond acceptors (Lipinski definition) is 2. The van der Waals surface area contributed by atoms with Crippen LogP contribution in [-0.2, 0) is 6.18 Å². The van der Waals surface area contributed by atoms with Gasteiger partial charge in [-0.05, 0) is 36.5 Å². The summed E-state index contributed by atoms with van der Waals surface area (Å²) in [6.07, 6.45) is 0.705. The fourth-order valence-corrected chi connectivity index (χ4v) is 3.31. The maximum absolute atomic E-state index is 12.7. The fraction of sp³-hybridized carbons (Fsp3) is 0.529. The second-order valence-electron chi connectivity index (χ2n) is 5.78. The van der Waals surface area contributed by atoms with Gasteiger partial charge < -0.3 is 0 Å². The molecule has 2 nitrogen and oxygen atoms in total. The summed E-state index contributed by atoms with van der Waals surface area (Å²) < 4.78 is 38.0. The van der Waals surface area contributed by atoms with Gasteiger partial charge in [0.05, 0.1) is 17.7 Å². The molecule has 0 radical (unpaired) electrons. The van der Waals surface area contributed by atoms with Crippen LogP contribution in [0.3, 0.4) is 0 Å². The van der Waals surface area contributed by atoms with E-state index in [9.17, 15) is 23.7 Å². The Labute approximate surface area is 128 Å². The minimum Gasteiger partial charge on any atom is -0.197 e. The molecule has 0 heterocycles. The lowest BCUT2D eigenvalue weighted by Gasteiger charge is -2.31. The minimum absolute atomic E-state index is 0.190. The molecule has 1 aromatic carbocycles. The van der Waals surface area contributed by atoms with Gasteiger partial charge in [0.15, 0.2) is 0 Å². The van der Waals surface area contributed by atoms with E-state index in [2.05, 4.69) is 0 Å². The molecule has 1 atom stereocenters. The molecule has 2 rings (SSSR count). The lowest BCUT2D eigenvalue weighted by atomic mass is 9.71. The van der Waals surface area contributed by atoms with Gasteiger partial charge in [0.1, 0.15) is 5.92 Å². The van der Waals surface area contributed by atoms with Crippen LogP contribution in [0.1, 0.15) is 49.1 Å². The molecule has 0 amide bonds. The lowest BCUT2D eigenvalue weighted by molar-refractivity contribution is -0.137. The number of hydrogen-bond donors (Lipinski definition) is 0. The average molecular weight is 306 g/mol. The highest BCUT2D eigenvalue weighted by Gasteiger charge is 2.34. The van der Waals surface area contributed by atoms with E-state index < -0.39 is 17.7 Å². The van der Waals surface area contributed by atoms with Gasteiger partial charge in [0.2, 0.25) is 0 Å². The van der Waals surface area contributed by atoms with E-state index in [-0.39, 0.29) is 11.8 Å². The van der Waals surface area contributed by atoms with Crippen molar-refractivity contribution in [2.45, 2.75) is 44.2 Å². The summed E-state index contributed by atoms with van der Waals surface area (Å²) in [4.78, 5) is 0. The Bertz CT molecular complexity index is 558. The molecule has 1 fully saturated rings. The number of nitriles is 2. The van der Waals surface area contributed by atoms with E-state index in [0.717, 1.165) is 44.2 Å². The Morgan fingerprint density at radius 1 is 0.955 bits per heavy atom. The zero-order valence-corrected chi connectivity index (χ0v) is 12.1. The van der Waals surface area contributed by atoms with Crippen LogP contribution in [-0.4, -0.2) is 0 Å². The smallest absolute Gasteiger partial charge is 0.197 e. The van der Waals surface area contributed by atoms with Crippen LogP contribution >= 0.6 is 0 Å². The number of alkyl halides is 3. The van der Waals surface area contributed by atoms with Crippen molar-refractivity contribution in [3.8, 4) is 12.1 Å². The van der Waals surface area contributed by atoms with Gasteiger partial charge in [-0.3, -0.25) is 0 Å². The maximum Gasteiger partial charge on any atom is 0.416 e. The molecular weight excluding hydrogens is 289 g/mol. The number of rotatable bonds is 3. The molecule has 1 aliphatic carbocycles. The van der Waals surface area contributed by atoms with Crippen molar-refractivity contribution in [2.24, 2.45) is 11.8 Å². The van der Waals surface area contributed by atoms with Crippen LogP contribution in [0.25, 0.3) is 0 Å². The normalized spacial score (nSPS) is 17.7. The third-order valence-electron chi connectivity index (χ3n) is 4.42. The second kappa shape index (κ2) is 6.83. The van der Waals surface area contributed by atoms with E-state index in [1.165, 1.54) is 12.1 Å². The SMILES string of the molecule is N#CC(C#N)C(c1ccc(C(F)(F)F)cc1)C1CCCCC1. The Morgan fingerprint density at radius 2 is 1.50 bits per heavy atom. The third kappa shape index (κ3) is 3.60. The first-order valence-electron chi connectivity index (χ1n) is 7.43. The molecule has 116 valence electrons. The van der Waals surface area contributed by atoms with E-state index in [0.29, 0.717) is 5.56 Å². The molecule has 1 unspecified atom stereocenters. The van der Waals surface area contributed by atoms with Crippen LogP contribution in [0.2, 0.25) is 0 Å². The Hall–Kier alpha value is -2.01. The van der Waals surface area contributed by atoms with E-state index >= 15 is 0 Å². The molecule has 1 saturated carbocycles. The molecule has 1 aromatic rings. The quantitative estimate of drug-likeness (QED) is 0.786. The summed E-state index contributed by atoms with van der Waals surface area (Å²) in [5.41, 5.74) is -0.0443. The molecule has 22 heavy (non-hydrogen) atoms. The first kappa shape index (κ1) is 16.4. The lowest BCUT2D eigenvalue weighted by Crippen LogP contribution is -2.22. The summed E-state index contributed by atoms with van der Waals surface area (Å²) in [7, 11) is 0. The molecule has 5 heteroatoms. The summed E-state index contributed by atoms with van der Waals surface area (Å²) in [6, 6.07) is 8.94. The van der Waals surface area contributed by atoms with Gasteiger partial charge in [-0.1, -0.05) is 31.4 Å². The first-order chi connectivity index (χ1) is 10.5. The van der Waals surface area contributed by atoms with E-state index in [1.54, 1.807) is 0 Å². The predicted molar refractivity (Wildman–Crippen MR) is 75.5 cm³/mol. The molecule has 0 aliphatic heterocycles. The Balaban J connectivity index is 2.32. The molecule has 0 bridgehead atoms. The topological polar surface area (TPSA) is 47.6 Å². The van der Waals surface area contributed by atoms with E-state index in [1.807, 2.05) is 12.1 Å². The van der Waals surface area contributed by atoms with Crippen LogP contribution in [0.5, 0.6) is 0 Å². The van der Waals surface area contributed by atoms with E-state index in [4.69, 9.17) is 0 Å². The first-order valence-corrected chi connectivity index (χ1v) is 7.43. The van der Waals surface area contributed by atoms with Gasteiger partial charge in [0.25, 0.3) is 0 Å². The maximum atomic E-state index is 12.7. The zero-order valence-electron chi connectivity index (χ0n) is 12.1. The van der Waals surface area contributed by atoms with Gasteiger partial charge >= 0.3 is 6.18 Å². The van der Waals surface area contributed by atoms with Crippen molar-refractivity contribution in [3.05, 3.63) is 35.4 Å². The molecule has 1 aliphatic rings. The predicted octanol–water partition coefficient (Wildman–Crippen LogP) is 5.03. The number of benzene rings is 1. The fourth-order valence-electron chi connectivity index (χ4n) is 3.31. The van der Waals surface area contributed by atoms with Crippen LogP contribution in [0.15, 0.2) is 24.3 Å². The van der Waals surface area contributed by atoms with Gasteiger partial charge in [-0.25, -0.2) is 0 Å². The standard InChI is InChI=1S/C17H17F3N2/c18-17(19,20)15-8-6-13(7-9-15)16(14(10-21)11-22)12-4-2-1-3-5-12/h6-9,12,14,16H,1-5H2. The molecule has 0 N–H and O–H groups in total. The van der Waals surface area contributed by atoms with Gasteiger partial charge in [-0.15, -0.1) is 0 Å². The van der Waals surface area contributed by atoms with Crippen molar-refractivity contribution in [1.82, 2.24) is 0 Å². The monoisotopic (exact) mass is 306 g/mol. The van der Waals surface area contributed by atoms with Crippen LogP contribution in [0.4, 0.5) is 13.2 Å². The summed E-state index contributed by atoms with van der Waals surface area (Å²) in [6.45, 7) is 0. The van der Waals surface area contributed by atoms with Crippen LogP contribution < -0.4 is 0 Å². The molecule has 0 aromatic heterocycles. The zero-order chi connectivity index (χ0) is 16.2. The largest absolute Gasteiger partial charge is 0.416 e. The van der Waals surface area contributed by atoms with Crippen molar-refractivity contribution >= 4 is 0 Å². The molecule has 0 spiro atoms. The van der Waals surface area contributed by atoms with Crippen molar-refractivity contribution < 1.29 is 13.2 Å². The third-order valence-corrected chi connectivity index (χ3v) is 4.42. The van der Waals surface area contributed by atoms with Crippen molar-refractivity contribution in [3.63, 3.8) is 0 Å². The molecule has 0 saturated heterocycles. The van der Waals surface area contributed by atoms with Crippen LogP contribution in [0, 0.1) is 34.5 Å². The average Bonchev–Trinajstić information content (AvgIpc) is 2.52.